The van der Waals surface area contributed by atoms with E-state index in [0.29, 0.717) is 5.69 Å². The molecule has 114 valence electrons. The van der Waals surface area contributed by atoms with Gasteiger partial charge in [0, 0.05) is 18.1 Å². The second-order valence-corrected chi connectivity index (χ2v) is 7.36. The van der Waals surface area contributed by atoms with Gasteiger partial charge in [-0.15, -0.1) is 11.3 Å². The third-order valence-electron chi connectivity index (χ3n) is 2.75. The predicted molar refractivity (Wildman–Crippen MR) is 79.1 cm³/mol. The number of anilines is 1. The first kappa shape index (κ1) is 15.5. The fourth-order valence-electron chi connectivity index (χ4n) is 1.87. The Morgan fingerprint density at radius 1 is 1.43 bits per heavy atom. The first-order valence-corrected chi connectivity index (χ1v) is 8.26. The molecule has 2 rings (SSSR count). The maximum Gasteiger partial charge on any atom is 0.340 e. The average molecular weight is 329 g/mol. The second-order valence-electron chi connectivity index (χ2n) is 4.45. The summed E-state index contributed by atoms with van der Waals surface area (Å²) in [5, 5.41) is 4.25. The van der Waals surface area contributed by atoms with E-state index in [1.54, 1.807) is 27.0 Å². The highest BCUT2D eigenvalue weighted by Gasteiger charge is 2.24. The van der Waals surface area contributed by atoms with Gasteiger partial charge in [-0.3, -0.25) is 9.40 Å². The van der Waals surface area contributed by atoms with Crippen molar-refractivity contribution in [1.29, 1.82) is 0 Å². The molecule has 21 heavy (non-hydrogen) atoms. The number of ether oxygens (including phenoxy) is 1. The zero-order valence-electron chi connectivity index (χ0n) is 12.0. The molecule has 0 aliphatic heterocycles. The van der Waals surface area contributed by atoms with Crippen molar-refractivity contribution in [2.45, 2.75) is 18.7 Å². The van der Waals surface area contributed by atoms with Crippen LogP contribution >= 0.6 is 11.3 Å². The van der Waals surface area contributed by atoms with E-state index in [2.05, 4.69) is 14.6 Å². The largest absolute Gasteiger partial charge is 0.465 e. The number of thiophene rings is 1. The molecule has 0 fully saturated rings. The van der Waals surface area contributed by atoms with Crippen molar-refractivity contribution in [1.82, 2.24) is 9.78 Å². The molecule has 0 amide bonds. The number of carbonyl (C=O) groups excluding carboxylic acids is 1. The molecule has 0 saturated heterocycles. The minimum Gasteiger partial charge on any atom is -0.465 e. The summed E-state index contributed by atoms with van der Waals surface area (Å²) in [6.07, 6.45) is 1.41. The van der Waals surface area contributed by atoms with Crippen LogP contribution in [0.2, 0.25) is 0 Å². The van der Waals surface area contributed by atoms with Gasteiger partial charge < -0.3 is 4.74 Å². The number of nitrogens with one attached hydrogen (secondary N) is 1. The third kappa shape index (κ3) is 3.08. The van der Waals surface area contributed by atoms with Crippen LogP contribution in [-0.4, -0.2) is 31.3 Å². The summed E-state index contributed by atoms with van der Waals surface area (Å²) in [6, 6.07) is 1.59. The second kappa shape index (κ2) is 5.49. The number of hydrogen-bond donors (Lipinski definition) is 1. The van der Waals surface area contributed by atoms with E-state index >= 15 is 0 Å². The Morgan fingerprint density at radius 3 is 2.62 bits per heavy atom. The topological polar surface area (TPSA) is 90.3 Å². The number of nitrogens with zero attached hydrogens (tertiary/aromatic N) is 2. The van der Waals surface area contributed by atoms with Crippen LogP contribution in [0.5, 0.6) is 0 Å². The summed E-state index contributed by atoms with van der Waals surface area (Å²) in [6.45, 7) is 3.39. The Kier molecular flexibility index (Phi) is 4.06. The number of rotatable bonds is 4. The quantitative estimate of drug-likeness (QED) is 0.862. The normalized spacial score (nSPS) is 11.4. The first-order valence-electron chi connectivity index (χ1n) is 5.96. The van der Waals surface area contributed by atoms with Crippen molar-refractivity contribution in [2.75, 3.05) is 11.8 Å². The van der Waals surface area contributed by atoms with Crippen molar-refractivity contribution in [3.05, 3.63) is 28.4 Å². The summed E-state index contributed by atoms with van der Waals surface area (Å²) < 4.78 is 33.3. The van der Waals surface area contributed by atoms with Crippen LogP contribution in [0.3, 0.4) is 0 Å². The van der Waals surface area contributed by atoms with E-state index < -0.39 is 16.0 Å². The molecule has 0 spiro atoms. The SMILES string of the molecule is COC(=O)c1cc(C)sc1NS(=O)(=O)c1cn(C)nc1C. The van der Waals surface area contributed by atoms with Crippen LogP contribution in [0.15, 0.2) is 17.2 Å². The summed E-state index contributed by atoms with van der Waals surface area (Å²) >= 11 is 1.17. The van der Waals surface area contributed by atoms with Gasteiger partial charge in [-0.05, 0) is 19.9 Å². The number of aromatic nitrogens is 2. The maximum absolute atomic E-state index is 12.4. The van der Waals surface area contributed by atoms with Crippen LogP contribution in [0.4, 0.5) is 5.00 Å². The minimum absolute atomic E-state index is 0.0758. The highest BCUT2D eigenvalue weighted by atomic mass is 32.2. The lowest BCUT2D eigenvalue weighted by Gasteiger charge is -2.06. The molecule has 2 aromatic heterocycles. The van der Waals surface area contributed by atoms with Crippen LogP contribution < -0.4 is 4.72 Å². The molecule has 0 radical (unpaired) electrons. The van der Waals surface area contributed by atoms with Crippen LogP contribution in [0.1, 0.15) is 20.9 Å². The number of methoxy groups -OCH3 is 1. The lowest BCUT2D eigenvalue weighted by molar-refractivity contribution is 0.0602. The summed E-state index contributed by atoms with van der Waals surface area (Å²) in [5.41, 5.74) is 0.586. The van der Waals surface area contributed by atoms with E-state index in [1.807, 2.05) is 0 Å². The highest BCUT2D eigenvalue weighted by Crippen LogP contribution is 2.30. The number of sulfonamides is 1. The molecule has 2 heterocycles. The standard InChI is InChI=1S/C12H15N3O4S2/c1-7-5-9(12(16)19-4)11(20-7)14-21(17,18)10-6-15(3)13-8(10)2/h5-6,14H,1-4H3. The van der Waals surface area contributed by atoms with Gasteiger partial charge in [0.05, 0.1) is 18.4 Å². The van der Waals surface area contributed by atoms with Gasteiger partial charge in [0.25, 0.3) is 10.0 Å². The van der Waals surface area contributed by atoms with Crippen molar-refractivity contribution in [2.24, 2.45) is 7.05 Å². The molecule has 7 nitrogen and oxygen atoms in total. The molecular weight excluding hydrogens is 314 g/mol. The Bertz CT molecular complexity index is 790. The maximum atomic E-state index is 12.4. The van der Waals surface area contributed by atoms with E-state index in [4.69, 9.17) is 0 Å². The van der Waals surface area contributed by atoms with E-state index in [0.717, 1.165) is 4.88 Å². The van der Waals surface area contributed by atoms with E-state index in [1.165, 1.54) is 29.3 Å². The van der Waals surface area contributed by atoms with Gasteiger partial charge in [-0.25, -0.2) is 13.2 Å². The van der Waals surface area contributed by atoms with Gasteiger partial charge in [0.15, 0.2) is 0 Å². The summed E-state index contributed by atoms with van der Waals surface area (Å²) in [7, 11) is -0.916. The third-order valence-corrected chi connectivity index (χ3v) is 5.29. The molecule has 0 saturated carbocycles. The number of aryl methyl sites for hydroxylation is 3. The fraction of sp³-hybridized carbons (Fsp3) is 0.333. The zero-order chi connectivity index (χ0) is 15.8. The van der Waals surface area contributed by atoms with Crippen molar-refractivity contribution in [3.8, 4) is 0 Å². The Labute approximate surface area is 126 Å². The Hall–Kier alpha value is -1.87. The molecule has 0 bridgehead atoms. The van der Waals surface area contributed by atoms with Crippen molar-refractivity contribution < 1.29 is 17.9 Å². The Morgan fingerprint density at radius 2 is 2.10 bits per heavy atom. The molecular formula is C12H15N3O4S2. The minimum atomic E-state index is -3.80. The molecule has 0 aromatic carbocycles. The Balaban J connectivity index is 2.42. The number of esters is 1. The summed E-state index contributed by atoms with van der Waals surface area (Å²) in [4.78, 5) is 12.6. The predicted octanol–water partition coefficient (Wildman–Crippen LogP) is 1.69. The lowest BCUT2D eigenvalue weighted by Crippen LogP contribution is -2.15. The lowest BCUT2D eigenvalue weighted by atomic mass is 10.3. The first-order chi connectivity index (χ1) is 9.74. The summed E-state index contributed by atoms with van der Waals surface area (Å²) in [5.74, 6) is -0.583. The van der Waals surface area contributed by atoms with E-state index in [9.17, 15) is 13.2 Å². The van der Waals surface area contributed by atoms with Crippen LogP contribution in [0, 0.1) is 13.8 Å². The van der Waals surface area contributed by atoms with E-state index in [-0.39, 0.29) is 15.5 Å². The number of carbonyl (C=O) groups is 1. The number of hydrogen-bond acceptors (Lipinski definition) is 6. The smallest absolute Gasteiger partial charge is 0.340 e. The monoisotopic (exact) mass is 329 g/mol. The molecule has 2 aromatic rings. The van der Waals surface area contributed by atoms with Gasteiger partial charge >= 0.3 is 5.97 Å². The zero-order valence-corrected chi connectivity index (χ0v) is 13.6. The fourth-order valence-corrected chi connectivity index (χ4v) is 4.30. The molecule has 9 heteroatoms. The molecule has 1 N–H and O–H groups in total. The van der Waals surface area contributed by atoms with Crippen LogP contribution in [0.25, 0.3) is 0 Å². The van der Waals surface area contributed by atoms with Crippen molar-refractivity contribution >= 4 is 32.3 Å². The highest BCUT2D eigenvalue weighted by molar-refractivity contribution is 7.93. The molecule has 0 unspecified atom stereocenters. The van der Waals surface area contributed by atoms with Crippen LogP contribution in [-0.2, 0) is 21.8 Å². The molecule has 0 aliphatic rings. The average Bonchev–Trinajstić information content (AvgIpc) is 2.91. The van der Waals surface area contributed by atoms with Gasteiger partial charge in [0.2, 0.25) is 0 Å². The molecule has 0 atom stereocenters. The van der Waals surface area contributed by atoms with Gasteiger partial charge in [0.1, 0.15) is 9.90 Å². The molecule has 0 aliphatic carbocycles. The van der Waals surface area contributed by atoms with Crippen molar-refractivity contribution in [3.63, 3.8) is 0 Å². The van der Waals surface area contributed by atoms with Gasteiger partial charge in [-0.1, -0.05) is 0 Å². The van der Waals surface area contributed by atoms with Gasteiger partial charge in [-0.2, -0.15) is 5.10 Å².